The molecule has 0 aliphatic rings. The van der Waals surface area contributed by atoms with Gasteiger partial charge in [-0.2, -0.15) is 0 Å². The molecule has 1 heterocycles. The number of nitrogens with zero attached hydrogens (tertiary/aromatic N) is 1. The predicted octanol–water partition coefficient (Wildman–Crippen LogP) is 3.28. The van der Waals surface area contributed by atoms with Gasteiger partial charge in [-0.05, 0) is 30.5 Å². The molecule has 2 aromatic rings. The normalized spacial score (nSPS) is 11.2. The van der Waals surface area contributed by atoms with E-state index in [1.807, 2.05) is 36.4 Å². The highest BCUT2D eigenvalue weighted by molar-refractivity contribution is 7.92. The van der Waals surface area contributed by atoms with Crippen LogP contribution in [0.5, 0.6) is 0 Å². The summed E-state index contributed by atoms with van der Waals surface area (Å²) in [5, 5.41) is 3.24. The molecule has 1 aromatic carbocycles. The zero-order chi connectivity index (χ0) is 16.5. The van der Waals surface area contributed by atoms with E-state index in [0.717, 1.165) is 30.6 Å². The summed E-state index contributed by atoms with van der Waals surface area (Å²) >= 11 is 0. The first-order valence-electron chi connectivity index (χ1n) is 7.83. The zero-order valence-corrected chi connectivity index (χ0v) is 14.1. The maximum absolute atomic E-state index is 12.1. The number of unbranched alkanes of at least 4 members (excludes halogenated alkanes) is 1. The standard InChI is InChI=1S/C17H23N3O2S/c1-2-3-12-18-16-9-10-17(19-14-16)20-23(21,22)13-11-15-7-5-4-6-8-15/h4-10,14,18H,2-3,11-13H2,1H3,(H,19,20). The van der Waals surface area contributed by atoms with Gasteiger partial charge in [-0.15, -0.1) is 0 Å². The van der Waals surface area contributed by atoms with E-state index in [4.69, 9.17) is 0 Å². The predicted molar refractivity (Wildman–Crippen MR) is 95.2 cm³/mol. The SMILES string of the molecule is CCCCNc1ccc(NS(=O)(=O)CCc2ccccc2)nc1. The Morgan fingerprint density at radius 3 is 2.52 bits per heavy atom. The van der Waals surface area contributed by atoms with E-state index in [-0.39, 0.29) is 5.75 Å². The lowest BCUT2D eigenvalue weighted by atomic mass is 10.2. The Bertz CT molecular complexity index is 686. The van der Waals surface area contributed by atoms with Crippen LogP contribution in [0.25, 0.3) is 0 Å². The molecule has 6 heteroatoms. The second-order valence-electron chi connectivity index (χ2n) is 5.37. The smallest absolute Gasteiger partial charge is 0.234 e. The highest BCUT2D eigenvalue weighted by Gasteiger charge is 2.11. The first-order chi connectivity index (χ1) is 11.1. The molecule has 0 amide bonds. The first-order valence-corrected chi connectivity index (χ1v) is 9.48. The molecule has 2 rings (SSSR count). The summed E-state index contributed by atoms with van der Waals surface area (Å²) in [5.41, 5.74) is 1.90. The van der Waals surface area contributed by atoms with Crippen molar-refractivity contribution in [3.63, 3.8) is 0 Å². The van der Waals surface area contributed by atoms with Gasteiger partial charge < -0.3 is 5.32 Å². The maximum Gasteiger partial charge on any atom is 0.234 e. The average Bonchev–Trinajstić information content (AvgIpc) is 2.56. The van der Waals surface area contributed by atoms with Crippen LogP contribution in [0.4, 0.5) is 11.5 Å². The van der Waals surface area contributed by atoms with Crippen LogP contribution in [0.2, 0.25) is 0 Å². The quantitative estimate of drug-likeness (QED) is 0.691. The fourth-order valence-corrected chi connectivity index (χ4v) is 3.12. The number of benzene rings is 1. The Kier molecular flexibility index (Phi) is 6.40. The van der Waals surface area contributed by atoms with Gasteiger partial charge in [0, 0.05) is 6.54 Å². The van der Waals surface area contributed by atoms with Crippen LogP contribution < -0.4 is 10.0 Å². The van der Waals surface area contributed by atoms with Crippen LogP contribution in [0.1, 0.15) is 25.3 Å². The molecule has 1 aromatic heterocycles. The molecule has 0 radical (unpaired) electrons. The zero-order valence-electron chi connectivity index (χ0n) is 13.3. The minimum Gasteiger partial charge on any atom is -0.384 e. The Balaban J connectivity index is 1.87. The summed E-state index contributed by atoms with van der Waals surface area (Å²) in [4.78, 5) is 4.14. The van der Waals surface area contributed by atoms with Crippen LogP contribution in [-0.2, 0) is 16.4 Å². The number of pyridine rings is 1. The van der Waals surface area contributed by atoms with E-state index in [9.17, 15) is 8.42 Å². The second kappa shape index (κ2) is 8.53. The third-order valence-corrected chi connectivity index (χ3v) is 4.65. The van der Waals surface area contributed by atoms with Crippen molar-refractivity contribution in [1.29, 1.82) is 0 Å². The molecule has 0 saturated carbocycles. The molecule has 0 aliphatic heterocycles. The van der Waals surface area contributed by atoms with Gasteiger partial charge in [0.25, 0.3) is 0 Å². The molecule has 0 spiro atoms. The van der Waals surface area contributed by atoms with Crippen molar-refractivity contribution in [2.75, 3.05) is 22.3 Å². The molecule has 23 heavy (non-hydrogen) atoms. The van der Waals surface area contributed by atoms with E-state index in [1.54, 1.807) is 12.3 Å². The van der Waals surface area contributed by atoms with Gasteiger partial charge >= 0.3 is 0 Å². The monoisotopic (exact) mass is 333 g/mol. The summed E-state index contributed by atoms with van der Waals surface area (Å²) in [6.45, 7) is 3.02. The molecule has 0 unspecified atom stereocenters. The largest absolute Gasteiger partial charge is 0.384 e. The fraction of sp³-hybridized carbons (Fsp3) is 0.353. The third-order valence-electron chi connectivity index (χ3n) is 3.39. The van der Waals surface area contributed by atoms with Crippen LogP contribution in [0.3, 0.4) is 0 Å². The minimum absolute atomic E-state index is 0.0369. The van der Waals surface area contributed by atoms with Crippen LogP contribution in [0.15, 0.2) is 48.7 Å². The molecular weight excluding hydrogens is 310 g/mol. The Morgan fingerprint density at radius 1 is 1.09 bits per heavy atom. The van der Waals surface area contributed by atoms with E-state index >= 15 is 0 Å². The summed E-state index contributed by atoms with van der Waals surface area (Å²) < 4.78 is 26.7. The van der Waals surface area contributed by atoms with Gasteiger partial charge in [0.05, 0.1) is 17.6 Å². The molecule has 0 saturated heterocycles. The van der Waals surface area contributed by atoms with E-state index < -0.39 is 10.0 Å². The number of sulfonamides is 1. The number of nitrogens with one attached hydrogen (secondary N) is 2. The maximum atomic E-state index is 12.1. The molecule has 5 nitrogen and oxygen atoms in total. The van der Waals surface area contributed by atoms with Crippen molar-refractivity contribution in [1.82, 2.24) is 4.98 Å². The van der Waals surface area contributed by atoms with Crippen LogP contribution in [0, 0.1) is 0 Å². The van der Waals surface area contributed by atoms with Crippen LogP contribution in [-0.4, -0.2) is 25.7 Å². The molecule has 0 aliphatic carbocycles. The Morgan fingerprint density at radius 2 is 1.87 bits per heavy atom. The lowest BCUT2D eigenvalue weighted by molar-refractivity contribution is 0.600. The number of hydrogen-bond acceptors (Lipinski definition) is 4. The topological polar surface area (TPSA) is 71.1 Å². The number of aryl methyl sites for hydroxylation is 1. The molecule has 0 fully saturated rings. The summed E-state index contributed by atoms with van der Waals surface area (Å²) in [6.07, 6.45) is 4.34. The minimum atomic E-state index is -3.40. The summed E-state index contributed by atoms with van der Waals surface area (Å²) in [7, 11) is -3.40. The van der Waals surface area contributed by atoms with Gasteiger partial charge in [-0.25, -0.2) is 13.4 Å². The molecule has 0 bridgehead atoms. The van der Waals surface area contributed by atoms with Crippen molar-refractivity contribution in [2.45, 2.75) is 26.2 Å². The number of rotatable bonds is 9. The number of anilines is 2. The van der Waals surface area contributed by atoms with E-state index in [1.165, 1.54) is 0 Å². The molecular formula is C17H23N3O2S. The highest BCUT2D eigenvalue weighted by Crippen LogP contribution is 2.12. The first kappa shape index (κ1) is 17.3. The highest BCUT2D eigenvalue weighted by atomic mass is 32.2. The van der Waals surface area contributed by atoms with Crippen molar-refractivity contribution < 1.29 is 8.42 Å². The summed E-state index contributed by atoms with van der Waals surface area (Å²) in [6, 6.07) is 13.1. The molecule has 0 atom stereocenters. The van der Waals surface area contributed by atoms with Crippen LogP contribution >= 0.6 is 0 Å². The number of aromatic nitrogens is 1. The van der Waals surface area contributed by atoms with Gasteiger partial charge in [0.2, 0.25) is 10.0 Å². The fourth-order valence-electron chi connectivity index (χ4n) is 2.08. The Labute approximate surface area is 138 Å². The van der Waals surface area contributed by atoms with Gasteiger partial charge in [0.15, 0.2) is 0 Å². The average molecular weight is 333 g/mol. The van der Waals surface area contributed by atoms with Crippen molar-refractivity contribution >= 4 is 21.5 Å². The molecule has 124 valence electrons. The second-order valence-corrected chi connectivity index (χ2v) is 7.21. The lowest BCUT2D eigenvalue weighted by Gasteiger charge is -2.09. The molecule has 2 N–H and O–H groups in total. The van der Waals surface area contributed by atoms with Crippen molar-refractivity contribution in [3.05, 3.63) is 54.2 Å². The van der Waals surface area contributed by atoms with Crippen molar-refractivity contribution in [2.24, 2.45) is 0 Å². The summed E-state index contributed by atoms with van der Waals surface area (Å²) in [5.74, 6) is 0.383. The van der Waals surface area contributed by atoms with E-state index in [2.05, 4.69) is 21.9 Å². The Hall–Kier alpha value is -2.08. The van der Waals surface area contributed by atoms with Gasteiger partial charge in [-0.3, -0.25) is 4.72 Å². The number of hydrogen-bond donors (Lipinski definition) is 2. The third kappa shape index (κ3) is 6.28. The van der Waals surface area contributed by atoms with Gasteiger partial charge in [0.1, 0.15) is 5.82 Å². The van der Waals surface area contributed by atoms with Crippen molar-refractivity contribution in [3.8, 4) is 0 Å². The van der Waals surface area contributed by atoms with Gasteiger partial charge in [-0.1, -0.05) is 43.7 Å². The van der Waals surface area contributed by atoms with E-state index in [0.29, 0.717) is 12.2 Å². The lowest BCUT2D eigenvalue weighted by Crippen LogP contribution is -2.19.